The van der Waals surface area contributed by atoms with Crippen molar-refractivity contribution in [2.75, 3.05) is 5.32 Å². The maximum Gasteiger partial charge on any atom is 0.258 e. The van der Waals surface area contributed by atoms with Crippen molar-refractivity contribution in [1.82, 2.24) is 19.9 Å². The van der Waals surface area contributed by atoms with Crippen LogP contribution in [0.2, 0.25) is 0 Å². The van der Waals surface area contributed by atoms with Gasteiger partial charge >= 0.3 is 0 Å². The predicted molar refractivity (Wildman–Crippen MR) is 82.2 cm³/mol. The van der Waals surface area contributed by atoms with Crippen LogP contribution in [0, 0.1) is 6.92 Å². The van der Waals surface area contributed by atoms with Crippen LogP contribution < -0.4 is 5.32 Å². The largest absolute Gasteiger partial charge is 0.290 e. The first-order chi connectivity index (χ1) is 10.7. The van der Waals surface area contributed by atoms with Crippen molar-refractivity contribution in [3.05, 3.63) is 66.1 Å². The number of hydrogen-bond donors (Lipinski definition) is 1. The minimum absolute atomic E-state index is 0.196. The van der Waals surface area contributed by atoms with Crippen LogP contribution in [0.3, 0.4) is 0 Å². The molecule has 1 N–H and O–H groups in total. The van der Waals surface area contributed by atoms with Gasteiger partial charge in [0.25, 0.3) is 5.91 Å². The smallest absolute Gasteiger partial charge is 0.258 e. The van der Waals surface area contributed by atoms with Gasteiger partial charge in [0, 0.05) is 11.8 Å². The fourth-order valence-corrected chi connectivity index (χ4v) is 1.85. The van der Waals surface area contributed by atoms with E-state index in [9.17, 15) is 4.79 Å². The summed E-state index contributed by atoms with van der Waals surface area (Å²) in [5.74, 6) is 0.342. The van der Waals surface area contributed by atoms with Crippen molar-refractivity contribution in [3.8, 4) is 11.5 Å². The maximum atomic E-state index is 12.1. The van der Waals surface area contributed by atoms with Crippen LogP contribution in [0.15, 0.2) is 55.0 Å². The summed E-state index contributed by atoms with van der Waals surface area (Å²) in [5, 5.41) is 2.66. The molecule has 3 rings (SSSR count). The van der Waals surface area contributed by atoms with Crippen molar-refractivity contribution < 1.29 is 4.79 Å². The van der Waals surface area contributed by atoms with Crippen LogP contribution in [0.25, 0.3) is 11.5 Å². The second kappa shape index (κ2) is 6.09. The average molecular weight is 291 g/mol. The van der Waals surface area contributed by atoms with Crippen molar-refractivity contribution >= 4 is 11.9 Å². The highest BCUT2D eigenvalue weighted by molar-refractivity contribution is 6.03. The van der Waals surface area contributed by atoms with Crippen LogP contribution in [0.5, 0.6) is 0 Å². The first kappa shape index (κ1) is 13.8. The lowest BCUT2D eigenvalue weighted by molar-refractivity contribution is 0.102. The zero-order valence-electron chi connectivity index (χ0n) is 11.9. The Morgan fingerprint density at radius 1 is 1.00 bits per heavy atom. The molecule has 6 heteroatoms. The summed E-state index contributed by atoms with van der Waals surface area (Å²) in [7, 11) is 0. The maximum absolute atomic E-state index is 12.1. The lowest BCUT2D eigenvalue weighted by atomic mass is 10.1. The molecule has 1 amide bonds. The number of benzene rings is 1. The Kier molecular flexibility index (Phi) is 3.82. The Morgan fingerprint density at radius 2 is 1.82 bits per heavy atom. The SMILES string of the molecule is Cc1ccc(C(=O)Nc2ncnc(-c3ccccn3)n2)cc1. The number of rotatable bonds is 3. The molecule has 108 valence electrons. The number of amides is 1. The van der Waals surface area contributed by atoms with Gasteiger partial charge in [-0.2, -0.15) is 4.98 Å². The third-order valence-electron chi connectivity index (χ3n) is 3.00. The molecule has 0 bridgehead atoms. The summed E-state index contributed by atoms with van der Waals surface area (Å²) in [6.07, 6.45) is 3.01. The number of aromatic nitrogens is 4. The molecule has 0 spiro atoms. The number of aryl methyl sites for hydroxylation is 1. The zero-order valence-corrected chi connectivity index (χ0v) is 11.9. The molecule has 6 nitrogen and oxygen atoms in total. The minimum atomic E-state index is -0.266. The fraction of sp³-hybridized carbons (Fsp3) is 0.0625. The van der Waals surface area contributed by atoms with Gasteiger partial charge in [0.15, 0.2) is 5.82 Å². The Morgan fingerprint density at radius 3 is 2.55 bits per heavy atom. The molecule has 1 aromatic carbocycles. The quantitative estimate of drug-likeness (QED) is 0.802. The number of carbonyl (C=O) groups excluding carboxylic acids is 1. The first-order valence-corrected chi connectivity index (χ1v) is 6.71. The molecular formula is C16H13N5O. The van der Waals surface area contributed by atoms with Crippen molar-refractivity contribution in [2.45, 2.75) is 6.92 Å². The van der Waals surface area contributed by atoms with Crippen LogP contribution in [0.4, 0.5) is 5.95 Å². The highest BCUT2D eigenvalue weighted by Crippen LogP contribution is 2.12. The van der Waals surface area contributed by atoms with Crippen molar-refractivity contribution in [1.29, 1.82) is 0 Å². The van der Waals surface area contributed by atoms with Gasteiger partial charge in [-0.1, -0.05) is 23.8 Å². The van der Waals surface area contributed by atoms with E-state index >= 15 is 0 Å². The van der Waals surface area contributed by atoms with E-state index in [1.54, 1.807) is 24.4 Å². The van der Waals surface area contributed by atoms with Crippen molar-refractivity contribution in [3.63, 3.8) is 0 Å². The summed E-state index contributed by atoms with van der Waals surface area (Å²) < 4.78 is 0. The van der Waals surface area contributed by atoms with E-state index in [4.69, 9.17) is 0 Å². The molecule has 0 radical (unpaired) electrons. The molecule has 0 aliphatic heterocycles. The molecule has 0 atom stereocenters. The van der Waals surface area contributed by atoms with E-state index in [1.165, 1.54) is 6.33 Å². The van der Waals surface area contributed by atoms with Gasteiger partial charge in [0.2, 0.25) is 5.95 Å². The fourth-order valence-electron chi connectivity index (χ4n) is 1.85. The van der Waals surface area contributed by atoms with Crippen molar-refractivity contribution in [2.24, 2.45) is 0 Å². The molecule has 0 fully saturated rings. The number of carbonyl (C=O) groups is 1. The van der Waals surface area contributed by atoms with Gasteiger partial charge in [0.05, 0.1) is 0 Å². The summed E-state index contributed by atoms with van der Waals surface area (Å²) in [4.78, 5) is 28.6. The van der Waals surface area contributed by atoms with Crippen LogP contribution in [-0.4, -0.2) is 25.8 Å². The third kappa shape index (κ3) is 3.12. The molecule has 0 aliphatic carbocycles. The molecular weight excluding hydrogens is 278 g/mol. The Hall–Kier alpha value is -3.15. The summed E-state index contributed by atoms with van der Waals surface area (Å²) in [5.41, 5.74) is 2.26. The first-order valence-electron chi connectivity index (χ1n) is 6.71. The van der Waals surface area contributed by atoms with Crippen LogP contribution in [-0.2, 0) is 0 Å². The Balaban J connectivity index is 1.81. The number of nitrogens with zero attached hydrogens (tertiary/aromatic N) is 4. The molecule has 0 aliphatic rings. The zero-order chi connectivity index (χ0) is 15.4. The number of pyridine rings is 1. The highest BCUT2D eigenvalue weighted by atomic mass is 16.1. The topological polar surface area (TPSA) is 80.7 Å². The number of nitrogens with one attached hydrogen (secondary N) is 1. The normalized spacial score (nSPS) is 10.2. The number of hydrogen-bond acceptors (Lipinski definition) is 5. The van der Waals surface area contributed by atoms with Gasteiger partial charge < -0.3 is 0 Å². The second-order valence-electron chi connectivity index (χ2n) is 4.67. The molecule has 2 aromatic heterocycles. The highest BCUT2D eigenvalue weighted by Gasteiger charge is 2.09. The average Bonchev–Trinajstić information content (AvgIpc) is 2.56. The lowest BCUT2D eigenvalue weighted by Gasteiger charge is -2.05. The van der Waals surface area contributed by atoms with E-state index < -0.39 is 0 Å². The van der Waals surface area contributed by atoms with E-state index in [0.29, 0.717) is 17.1 Å². The molecule has 0 saturated carbocycles. The molecule has 0 saturated heterocycles. The van der Waals surface area contributed by atoms with Gasteiger partial charge in [0.1, 0.15) is 12.0 Å². The summed E-state index contributed by atoms with van der Waals surface area (Å²) in [6.45, 7) is 1.97. The monoisotopic (exact) mass is 291 g/mol. The minimum Gasteiger partial charge on any atom is -0.290 e. The second-order valence-corrected chi connectivity index (χ2v) is 4.67. The van der Waals surface area contributed by atoms with E-state index in [2.05, 4.69) is 25.3 Å². The van der Waals surface area contributed by atoms with E-state index in [0.717, 1.165) is 5.56 Å². The Bertz CT molecular complexity index is 787. The molecule has 22 heavy (non-hydrogen) atoms. The van der Waals surface area contributed by atoms with Crippen LogP contribution >= 0.6 is 0 Å². The van der Waals surface area contributed by atoms with Gasteiger partial charge in [-0.3, -0.25) is 15.1 Å². The third-order valence-corrected chi connectivity index (χ3v) is 3.00. The van der Waals surface area contributed by atoms with Gasteiger partial charge in [-0.05, 0) is 31.2 Å². The standard InChI is InChI=1S/C16H13N5O/c1-11-5-7-12(8-6-11)15(22)21-16-19-10-18-14(20-16)13-4-2-3-9-17-13/h2-10H,1H3,(H,18,19,20,21,22). The van der Waals surface area contributed by atoms with E-state index in [-0.39, 0.29) is 11.9 Å². The predicted octanol–water partition coefficient (Wildman–Crippen LogP) is 2.49. The van der Waals surface area contributed by atoms with Crippen LogP contribution in [0.1, 0.15) is 15.9 Å². The number of anilines is 1. The lowest BCUT2D eigenvalue weighted by Crippen LogP contribution is -2.14. The summed E-state index contributed by atoms with van der Waals surface area (Å²) in [6, 6.07) is 12.7. The van der Waals surface area contributed by atoms with E-state index in [1.807, 2.05) is 31.2 Å². The van der Waals surface area contributed by atoms with Gasteiger partial charge in [-0.25, -0.2) is 9.97 Å². The Labute approximate surface area is 127 Å². The molecule has 0 unspecified atom stereocenters. The summed E-state index contributed by atoms with van der Waals surface area (Å²) >= 11 is 0. The van der Waals surface area contributed by atoms with Gasteiger partial charge in [-0.15, -0.1) is 0 Å². The molecule has 2 heterocycles. The molecule has 3 aromatic rings.